The maximum Gasteiger partial charge on any atom is 0.213 e. The quantitative estimate of drug-likeness (QED) is 0.481. The van der Waals surface area contributed by atoms with Gasteiger partial charge in [0.25, 0.3) is 0 Å². The van der Waals surface area contributed by atoms with Gasteiger partial charge in [-0.3, -0.25) is 4.79 Å². The zero-order valence-electron chi connectivity index (χ0n) is 9.26. The van der Waals surface area contributed by atoms with Gasteiger partial charge in [-0.15, -0.1) is 11.3 Å². The molecule has 1 aromatic heterocycles. The Morgan fingerprint density at radius 2 is 2.00 bits per heavy atom. The molecule has 0 saturated heterocycles. The average Bonchev–Trinajstić information content (AvgIpc) is 2.91. The molecule has 2 rings (SSSR count). The number of carbonyl (C=O) groups excluding carboxylic acids is 1. The van der Waals surface area contributed by atoms with Crippen LogP contribution in [-0.4, -0.2) is 5.78 Å². The van der Waals surface area contributed by atoms with Gasteiger partial charge in [-0.1, -0.05) is 34.1 Å². The largest absolute Gasteiger partial charge is 0.287 e. The second kappa shape index (κ2) is 5.76. The fourth-order valence-corrected chi connectivity index (χ4v) is 2.36. The van der Waals surface area contributed by atoms with Gasteiger partial charge in [-0.2, -0.15) is 5.26 Å². The first-order chi connectivity index (χ1) is 8.70. The second-order valence-corrected chi connectivity index (χ2v) is 5.39. The number of ketones is 1. The van der Waals surface area contributed by atoms with Crippen LogP contribution in [0, 0.1) is 11.3 Å². The smallest absolute Gasteiger partial charge is 0.213 e. The highest BCUT2D eigenvalue weighted by atomic mass is 79.9. The first-order valence-corrected chi connectivity index (χ1v) is 6.83. The number of hydrogen-bond donors (Lipinski definition) is 0. The molecule has 0 amide bonds. The van der Waals surface area contributed by atoms with Crippen molar-refractivity contribution in [2.45, 2.75) is 0 Å². The Labute approximate surface area is 117 Å². The Morgan fingerprint density at radius 3 is 2.56 bits per heavy atom. The first kappa shape index (κ1) is 12.7. The maximum absolute atomic E-state index is 12.0. The van der Waals surface area contributed by atoms with Crippen LogP contribution in [0.4, 0.5) is 0 Å². The molecule has 0 saturated carbocycles. The van der Waals surface area contributed by atoms with Gasteiger partial charge in [0, 0.05) is 4.47 Å². The molecule has 18 heavy (non-hydrogen) atoms. The number of hydrogen-bond acceptors (Lipinski definition) is 3. The lowest BCUT2D eigenvalue weighted by atomic mass is 10.1. The molecule has 0 unspecified atom stereocenters. The monoisotopic (exact) mass is 317 g/mol. The normalized spacial score (nSPS) is 11.0. The fraction of sp³-hybridized carbons (Fsp3) is 0. The molecule has 0 N–H and O–H groups in total. The van der Waals surface area contributed by atoms with E-state index >= 15 is 0 Å². The van der Waals surface area contributed by atoms with E-state index in [9.17, 15) is 4.79 Å². The molecular formula is C14H8BrNOS. The van der Waals surface area contributed by atoms with Gasteiger partial charge in [0.05, 0.1) is 4.88 Å². The Bertz CT molecular complexity index is 621. The molecular weight excluding hydrogens is 310 g/mol. The van der Waals surface area contributed by atoms with Gasteiger partial charge >= 0.3 is 0 Å². The molecule has 0 aliphatic carbocycles. The number of nitriles is 1. The van der Waals surface area contributed by atoms with Gasteiger partial charge in [0.15, 0.2) is 0 Å². The Hall–Kier alpha value is -1.70. The number of benzene rings is 1. The number of Topliss-reactive ketones (excluding diaryl/α,β-unsaturated/α-hetero) is 1. The summed E-state index contributed by atoms with van der Waals surface area (Å²) in [5.74, 6) is -0.226. The van der Waals surface area contributed by atoms with Crippen molar-refractivity contribution in [1.82, 2.24) is 0 Å². The lowest BCUT2D eigenvalue weighted by Crippen LogP contribution is -1.98. The summed E-state index contributed by atoms with van der Waals surface area (Å²) >= 11 is 4.68. The highest BCUT2D eigenvalue weighted by Crippen LogP contribution is 2.17. The summed E-state index contributed by atoms with van der Waals surface area (Å²) in [6, 6.07) is 12.9. The summed E-state index contributed by atoms with van der Waals surface area (Å²) in [5, 5.41) is 10.9. The van der Waals surface area contributed by atoms with Crippen LogP contribution in [0.5, 0.6) is 0 Å². The highest BCUT2D eigenvalue weighted by Gasteiger charge is 2.12. The molecule has 0 aliphatic rings. The molecule has 0 atom stereocenters. The summed E-state index contributed by atoms with van der Waals surface area (Å²) < 4.78 is 0.961. The van der Waals surface area contributed by atoms with E-state index in [-0.39, 0.29) is 11.4 Å². The van der Waals surface area contributed by atoms with Crippen molar-refractivity contribution in [1.29, 1.82) is 5.26 Å². The Morgan fingerprint density at radius 1 is 1.28 bits per heavy atom. The average molecular weight is 318 g/mol. The molecule has 0 aliphatic heterocycles. The van der Waals surface area contributed by atoms with Gasteiger partial charge < -0.3 is 0 Å². The topological polar surface area (TPSA) is 40.9 Å². The second-order valence-electron chi connectivity index (χ2n) is 3.53. The number of nitrogens with zero attached hydrogens (tertiary/aromatic N) is 1. The Balaban J connectivity index is 2.32. The molecule has 1 heterocycles. The van der Waals surface area contributed by atoms with Crippen LogP contribution in [0.1, 0.15) is 15.2 Å². The third kappa shape index (κ3) is 2.95. The lowest BCUT2D eigenvalue weighted by molar-refractivity contribution is 0.104. The number of allylic oxidation sites excluding steroid dienone is 1. The van der Waals surface area contributed by atoms with Crippen molar-refractivity contribution in [3.63, 3.8) is 0 Å². The molecule has 0 bridgehead atoms. The summed E-state index contributed by atoms with van der Waals surface area (Å²) in [7, 11) is 0. The van der Waals surface area contributed by atoms with Crippen molar-refractivity contribution < 1.29 is 4.79 Å². The van der Waals surface area contributed by atoms with E-state index in [0.29, 0.717) is 4.88 Å². The van der Waals surface area contributed by atoms with Crippen LogP contribution in [0.2, 0.25) is 0 Å². The molecule has 0 fully saturated rings. The molecule has 0 spiro atoms. The zero-order valence-corrected chi connectivity index (χ0v) is 11.7. The van der Waals surface area contributed by atoms with Crippen molar-refractivity contribution in [2.75, 3.05) is 0 Å². The number of halogens is 1. The minimum absolute atomic E-state index is 0.153. The number of carbonyl (C=O) groups is 1. The molecule has 1 aromatic carbocycles. The van der Waals surface area contributed by atoms with Gasteiger partial charge in [-0.25, -0.2) is 0 Å². The molecule has 88 valence electrons. The van der Waals surface area contributed by atoms with Crippen LogP contribution in [0.15, 0.2) is 51.8 Å². The Kier molecular flexibility index (Phi) is 4.08. The van der Waals surface area contributed by atoms with Crippen molar-refractivity contribution >= 4 is 39.1 Å². The third-order valence-corrected chi connectivity index (χ3v) is 3.69. The predicted octanol–water partition coefficient (Wildman–Crippen LogP) is 4.30. The minimum atomic E-state index is -0.226. The van der Waals surface area contributed by atoms with E-state index < -0.39 is 0 Å². The summed E-state index contributed by atoms with van der Waals surface area (Å²) in [6.07, 6.45) is 1.61. The summed E-state index contributed by atoms with van der Waals surface area (Å²) in [5.41, 5.74) is 0.986. The van der Waals surface area contributed by atoms with Crippen LogP contribution in [-0.2, 0) is 0 Å². The zero-order chi connectivity index (χ0) is 13.0. The number of rotatable bonds is 3. The lowest BCUT2D eigenvalue weighted by Gasteiger charge is -1.97. The predicted molar refractivity (Wildman–Crippen MR) is 76.4 cm³/mol. The molecule has 0 radical (unpaired) electrons. The van der Waals surface area contributed by atoms with Gasteiger partial charge in [0.1, 0.15) is 11.6 Å². The van der Waals surface area contributed by atoms with Gasteiger partial charge in [-0.05, 0) is 35.2 Å². The van der Waals surface area contributed by atoms with E-state index in [4.69, 9.17) is 5.26 Å². The summed E-state index contributed by atoms with van der Waals surface area (Å²) in [4.78, 5) is 12.6. The van der Waals surface area contributed by atoms with E-state index in [2.05, 4.69) is 15.9 Å². The van der Waals surface area contributed by atoms with E-state index in [1.807, 2.05) is 35.7 Å². The molecule has 4 heteroatoms. The van der Waals surface area contributed by atoms with Gasteiger partial charge in [0.2, 0.25) is 5.78 Å². The molecule has 2 nitrogen and oxygen atoms in total. The first-order valence-electron chi connectivity index (χ1n) is 5.16. The van der Waals surface area contributed by atoms with Crippen LogP contribution >= 0.6 is 27.3 Å². The number of thiophene rings is 1. The maximum atomic E-state index is 12.0. The standard InChI is InChI=1S/C14H8BrNOS/c15-12-5-3-10(4-6-12)8-11(9-16)14(17)13-2-1-7-18-13/h1-8H/b11-8+. The van der Waals surface area contributed by atoms with Crippen LogP contribution in [0.3, 0.4) is 0 Å². The SMILES string of the molecule is N#C/C(=C\c1ccc(Br)cc1)C(=O)c1cccs1. The highest BCUT2D eigenvalue weighted by molar-refractivity contribution is 9.10. The van der Waals surface area contributed by atoms with Crippen molar-refractivity contribution in [2.24, 2.45) is 0 Å². The van der Waals surface area contributed by atoms with Crippen LogP contribution < -0.4 is 0 Å². The van der Waals surface area contributed by atoms with E-state index in [0.717, 1.165) is 10.0 Å². The fourth-order valence-electron chi connectivity index (χ4n) is 1.41. The van der Waals surface area contributed by atoms with E-state index in [1.165, 1.54) is 11.3 Å². The van der Waals surface area contributed by atoms with E-state index in [1.54, 1.807) is 18.2 Å². The third-order valence-electron chi connectivity index (χ3n) is 2.29. The molecule has 2 aromatic rings. The minimum Gasteiger partial charge on any atom is -0.287 e. The van der Waals surface area contributed by atoms with Crippen molar-refractivity contribution in [3.8, 4) is 6.07 Å². The summed E-state index contributed by atoms with van der Waals surface area (Å²) in [6.45, 7) is 0. The van der Waals surface area contributed by atoms with Crippen molar-refractivity contribution in [3.05, 3.63) is 62.3 Å². The van der Waals surface area contributed by atoms with Crippen LogP contribution in [0.25, 0.3) is 6.08 Å².